The van der Waals surface area contributed by atoms with E-state index in [1.807, 2.05) is 79.7 Å². The van der Waals surface area contributed by atoms with Crippen molar-refractivity contribution in [2.45, 2.75) is 19.8 Å². The van der Waals surface area contributed by atoms with Gasteiger partial charge in [0.2, 0.25) is 0 Å². The van der Waals surface area contributed by atoms with Crippen molar-refractivity contribution in [3.63, 3.8) is 0 Å². The monoisotopic (exact) mass is 410 g/mol. The Bertz CT molecular complexity index is 1170. The number of hydrogen-bond acceptors (Lipinski definition) is 3. The maximum Gasteiger partial charge on any atom is 0.252 e. The van der Waals surface area contributed by atoms with Gasteiger partial charge in [0.1, 0.15) is 5.75 Å². The van der Waals surface area contributed by atoms with Gasteiger partial charge in [-0.3, -0.25) is 4.79 Å². The largest absolute Gasteiger partial charge is 0.494 e. The van der Waals surface area contributed by atoms with Crippen LogP contribution in [0, 0.1) is 0 Å². The third kappa shape index (κ3) is 4.75. The fraction of sp³-hybridized carbons (Fsp3) is 0.185. The molecule has 1 amide bonds. The molecule has 0 spiro atoms. The minimum Gasteiger partial charge on any atom is -0.494 e. The Morgan fingerprint density at radius 1 is 0.968 bits per heavy atom. The number of benzene rings is 3. The number of nitrogens with one attached hydrogen (secondary N) is 1. The van der Waals surface area contributed by atoms with Crippen LogP contribution >= 0.6 is 0 Å². The lowest BCUT2D eigenvalue weighted by Gasteiger charge is -2.15. The Morgan fingerprint density at radius 3 is 2.42 bits per heavy atom. The highest BCUT2D eigenvalue weighted by Crippen LogP contribution is 2.26. The lowest BCUT2D eigenvalue weighted by molar-refractivity contribution is 0.0953. The lowest BCUT2D eigenvalue weighted by Crippen LogP contribution is -2.27. The zero-order chi connectivity index (χ0) is 21.6. The molecule has 3 aromatic carbocycles. The van der Waals surface area contributed by atoms with Gasteiger partial charge in [0.15, 0.2) is 0 Å². The van der Waals surface area contributed by atoms with Gasteiger partial charge in [-0.15, -0.1) is 0 Å². The van der Waals surface area contributed by atoms with E-state index in [1.165, 1.54) is 5.56 Å². The number of ether oxygens (including phenoxy) is 1. The first-order chi connectivity index (χ1) is 15.2. The molecule has 156 valence electrons. The van der Waals surface area contributed by atoms with Crippen molar-refractivity contribution in [1.29, 1.82) is 0 Å². The highest BCUT2D eigenvalue weighted by molar-refractivity contribution is 6.07. The molecule has 0 aliphatic rings. The summed E-state index contributed by atoms with van der Waals surface area (Å²) in [6, 6.07) is 27.7. The fourth-order valence-corrected chi connectivity index (χ4v) is 3.64. The number of amides is 1. The Kier molecular flexibility index (Phi) is 6.27. The van der Waals surface area contributed by atoms with Crippen LogP contribution in [0.1, 0.15) is 35.7 Å². The summed E-state index contributed by atoms with van der Waals surface area (Å²) in [5, 5.41) is 3.96. The summed E-state index contributed by atoms with van der Waals surface area (Å²) in [5.74, 6) is 0.956. The number of pyridine rings is 1. The second-order valence-electron chi connectivity index (χ2n) is 7.55. The molecule has 31 heavy (non-hydrogen) atoms. The minimum atomic E-state index is -0.0893. The maximum absolute atomic E-state index is 13.2. The molecule has 0 aliphatic heterocycles. The number of carbonyl (C=O) groups is 1. The Balaban J connectivity index is 1.62. The molecular formula is C27H26N2O2. The van der Waals surface area contributed by atoms with Crippen molar-refractivity contribution >= 4 is 16.8 Å². The van der Waals surface area contributed by atoms with E-state index >= 15 is 0 Å². The first kappa shape index (κ1) is 20.6. The van der Waals surface area contributed by atoms with Crippen LogP contribution in [0.15, 0.2) is 84.9 Å². The molecule has 1 atom stereocenters. The summed E-state index contributed by atoms with van der Waals surface area (Å²) < 4.78 is 5.54. The van der Waals surface area contributed by atoms with Crippen LogP contribution in [-0.4, -0.2) is 24.0 Å². The summed E-state index contributed by atoms with van der Waals surface area (Å²) >= 11 is 0. The van der Waals surface area contributed by atoms with E-state index in [0.29, 0.717) is 18.7 Å². The minimum absolute atomic E-state index is 0.0893. The van der Waals surface area contributed by atoms with Crippen molar-refractivity contribution < 1.29 is 9.53 Å². The second-order valence-corrected chi connectivity index (χ2v) is 7.55. The van der Waals surface area contributed by atoms with E-state index < -0.39 is 0 Å². The van der Waals surface area contributed by atoms with E-state index in [-0.39, 0.29) is 11.8 Å². The number of rotatable bonds is 7. The Hall–Kier alpha value is -3.66. The molecule has 4 rings (SSSR count). The topological polar surface area (TPSA) is 51.2 Å². The van der Waals surface area contributed by atoms with Gasteiger partial charge in [-0.25, -0.2) is 4.98 Å². The van der Waals surface area contributed by atoms with Gasteiger partial charge >= 0.3 is 0 Å². The van der Waals surface area contributed by atoms with E-state index in [9.17, 15) is 4.79 Å². The molecule has 0 aliphatic carbocycles. The van der Waals surface area contributed by atoms with Crippen LogP contribution < -0.4 is 10.1 Å². The zero-order valence-corrected chi connectivity index (χ0v) is 17.8. The molecule has 4 nitrogen and oxygen atoms in total. The Labute approximate surface area is 182 Å². The molecule has 0 bridgehead atoms. The molecule has 0 fully saturated rings. The van der Waals surface area contributed by atoms with Crippen LogP contribution in [-0.2, 0) is 0 Å². The van der Waals surface area contributed by atoms with Crippen LogP contribution in [0.25, 0.3) is 22.2 Å². The third-order valence-electron chi connectivity index (χ3n) is 5.36. The molecule has 1 N–H and O–H groups in total. The highest BCUT2D eigenvalue weighted by atomic mass is 16.5. The summed E-state index contributed by atoms with van der Waals surface area (Å²) in [4.78, 5) is 17.9. The molecular weight excluding hydrogens is 384 g/mol. The molecule has 0 saturated heterocycles. The summed E-state index contributed by atoms with van der Waals surface area (Å²) in [7, 11) is 0. The highest BCUT2D eigenvalue weighted by Gasteiger charge is 2.15. The van der Waals surface area contributed by atoms with Crippen molar-refractivity contribution in [1.82, 2.24) is 10.3 Å². The zero-order valence-electron chi connectivity index (χ0n) is 17.8. The first-order valence-corrected chi connectivity index (χ1v) is 10.6. The number of carbonyl (C=O) groups excluding carboxylic acids is 1. The van der Waals surface area contributed by atoms with Gasteiger partial charge in [-0.1, -0.05) is 55.5 Å². The van der Waals surface area contributed by atoms with Gasteiger partial charge in [-0.2, -0.15) is 0 Å². The quantitative estimate of drug-likeness (QED) is 0.417. The van der Waals surface area contributed by atoms with Crippen LogP contribution in [0.3, 0.4) is 0 Å². The smallest absolute Gasteiger partial charge is 0.252 e. The van der Waals surface area contributed by atoms with Crippen molar-refractivity contribution in [2.24, 2.45) is 0 Å². The summed E-state index contributed by atoms with van der Waals surface area (Å²) in [5.41, 5.74) is 4.35. The number of hydrogen-bond donors (Lipinski definition) is 1. The molecule has 0 saturated carbocycles. The Morgan fingerprint density at radius 2 is 1.68 bits per heavy atom. The molecule has 0 unspecified atom stereocenters. The normalized spacial score (nSPS) is 11.8. The predicted octanol–water partition coefficient (Wildman–Crippen LogP) is 5.83. The van der Waals surface area contributed by atoms with Crippen LogP contribution in [0.4, 0.5) is 0 Å². The molecule has 1 aromatic heterocycles. The number of aromatic nitrogens is 1. The molecule has 1 heterocycles. The number of para-hydroxylation sites is 1. The van der Waals surface area contributed by atoms with E-state index in [1.54, 1.807) is 0 Å². The third-order valence-corrected chi connectivity index (χ3v) is 5.36. The summed E-state index contributed by atoms with van der Waals surface area (Å²) in [6.07, 6.45) is 0. The lowest BCUT2D eigenvalue weighted by atomic mass is 10.0. The van der Waals surface area contributed by atoms with Gasteiger partial charge in [0.05, 0.1) is 23.4 Å². The van der Waals surface area contributed by atoms with Crippen molar-refractivity contribution in [2.75, 3.05) is 13.2 Å². The average Bonchev–Trinajstić information content (AvgIpc) is 2.83. The van der Waals surface area contributed by atoms with Gasteiger partial charge in [0.25, 0.3) is 5.91 Å². The molecule has 4 aromatic rings. The van der Waals surface area contributed by atoms with Crippen molar-refractivity contribution in [3.8, 4) is 17.0 Å². The van der Waals surface area contributed by atoms with Crippen LogP contribution in [0.2, 0.25) is 0 Å². The predicted molar refractivity (Wildman–Crippen MR) is 126 cm³/mol. The van der Waals surface area contributed by atoms with Gasteiger partial charge < -0.3 is 10.1 Å². The summed E-state index contributed by atoms with van der Waals surface area (Å²) in [6.45, 7) is 5.27. The average molecular weight is 411 g/mol. The van der Waals surface area contributed by atoms with E-state index in [0.717, 1.165) is 27.9 Å². The number of fused-ring (bicyclic) bond motifs is 1. The molecule has 4 heteroatoms. The fourth-order valence-electron chi connectivity index (χ4n) is 3.64. The van der Waals surface area contributed by atoms with Gasteiger partial charge in [-0.05, 0) is 54.8 Å². The van der Waals surface area contributed by atoms with E-state index in [2.05, 4.69) is 24.4 Å². The van der Waals surface area contributed by atoms with Crippen LogP contribution in [0.5, 0.6) is 5.75 Å². The second kappa shape index (κ2) is 9.43. The van der Waals surface area contributed by atoms with E-state index in [4.69, 9.17) is 9.72 Å². The molecule has 0 radical (unpaired) electrons. The maximum atomic E-state index is 13.2. The standard InChI is InChI=1S/C27H26N2O2/c1-3-31-22-15-13-21(14-16-22)26-17-24(23-11-7-8-12-25(23)29-26)27(30)28-18-19(2)20-9-5-4-6-10-20/h4-17,19H,3,18H2,1-2H3,(H,28,30)/t19-/m0/s1. The van der Waals surface area contributed by atoms with Crippen molar-refractivity contribution in [3.05, 3.63) is 96.1 Å². The van der Waals surface area contributed by atoms with Gasteiger partial charge in [0, 0.05) is 17.5 Å². The SMILES string of the molecule is CCOc1ccc(-c2cc(C(=O)NC[C@H](C)c3ccccc3)c3ccccc3n2)cc1. The first-order valence-electron chi connectivity index (χ1n) is 10.6. The number of nitrogens with zero attached hydrogens (tertiary/aromatic N) is 1.